The number of nitrogens with zero attached hydrogens (tertiary/aromatic N) is 2. The Labute approximate surface area is 127 Å². The number of benzene rings is 1. The van der Waals surface area contributed by atoms with Gasteiger partial charge in [-0.1, -0.05) is 0 Å². The van der Waals surface area contributed by atoms with Gasteiger partial charge in [0, 0.05) is 18.7 Å². The molecule has 1 N–H and O–H groups in total. The molecule has 1 aromatic heterocycles. The lowest BCUT2D eigenvalue weighted by molar-refractivity contribution is -0.143. The molecule has 5 nitrogen and oxygen atoms in total. The van der Waals surface area contributed by atoms with Crippen LogP contribution in [0.25, 0.3) is 11.5 Å². The number of aliphatic carboxylic acids is 1. The van der Waals surface area contributed by atoms with Gasteiger partial charge in [0.1, 0.15) is 12.1 Å². The minimum absolute atomic E-state index is 0.302. The van der Waals surface area contributed by atoms with Gasteiger partial charge in [-0.3, -0.25) is 9.69 Å². The van der Waals surface area contributed by atoms with Crippen molar-refractivity contribution in [3.05, 3.63) is 42.0 Å². The molecule has 1 aliphatic heterocycles. The largest absolute Gasteiger partial charge is 0.481 e. The van der Waals surface area contributed by atoms with E-state index in [9.17, 15) is 9.18 Å². The average Bonchev–Trinajstić information content (AvgIpc) is 2.96. The van der Waals surface area contributed by atoms with Crippen LogP contribution in [0, 0.1) is 11.7 Å². The molecule has 0 saturated carbocycles. The van der Waals surface area contributed by atoms with Gasteiger partial charge in [-0.05, 0) is 43.7 Å². The molecule has 1 aliphatic rings. The van der Waals surface area contributed by atoms with Crippen molar-refractivity contribution in [1.29, 1.82) is 0 Å². The van der Waals surface area contributed by atoms with Gasteiger partial charge in [0.25, 0.3) is 0 Å². The Balaban J connectivity index is 1.66. The smallest absolute Gasteiger partial charge is 0.307 e. The Bertz CT molecular complexity index is 654. The maximum absolute atomic E-state index is 12.9. The molecular weight excluding hydrogens is 287 g/mol. The van der Waals surface area contributed by atoms with Gasteiger partial charge in [-0.25, -0.2) is 9.37 Å². The topological polar surface area (TPSA) is 66.6 Å². The van der Waals surface area contributed by atoms with Crippen molar-refractivity contribution in [2.45, 2.75) is 19.4 Å². The van der Waals surface area contributed by atoms with Gasteiger partial charge in [0.05, 0.1) is 11.6 Å². The Hall–Kier alpha value is -2.21. The Morgan fingerprint density at radius 2 is 2.18 bits per heavy atom. The predicted molar refractivity (Wildman–Crippen MR) is 77.5 cm³/mol. The number of aromatic nitrogens is 1. The number of carboxylic acid groups (broad SMARTS) is 1. The number of carboxylic acids is 1. The average molecular weight is 304 g/mol. The number of hydrogen-bond acceptors (Lipinski definition) is 4. The van der Waals surface area contributed by atoms with Gasteiger partial charge in [0.2, 0.25) is 5.89 Å². The molecule has 1 aromatic carbocycles. The fourth-order valence-corrected chi connectivity index (χ4v) is 2.73. The molecule has 0 bridgehead atoms. The third-order valence-electron chi connectivity index (χ3n) is 3.88. The molecule has 2 aromatic rings. The molecule has 6 heteroatoms. The lowest BCUT2D eigenvalue weighted by Gasteiger charge is -2.29. The highest BCUT2D eigenvalue weighted by molar-refractivity contribution is 5.70. The minimum atomic E-state index is -0.739. The second-order valence-corrected chi connectivity index (χ2v) is 5.56. The summed E-state index contributed by atoms with van der Waals surface area (Å²) in [5, 5.41) is 9.11. The fourth-order valence-electron chi connectivity index (χ4n) is 2.73. The number of hydrogen-bond donors (Lipinski definition) is 1. The second-order valence-electron chi connectivity index (χ2n) is 5.56. The van der Waals surface area contributed by atoms with Crippen LogP contribution < -0.4 is 0 Å². The van der Waals surface area contributed by atoms with Gasteiger partial charge in [-0.2, -0.15) is 0 Å². The third-order valence-corrected chi connectivity index (χ3v) is 3.88. The molecule has 1 atom stereocenters. The fraction of sp³-hybridized carbons (Fsp3) is 0.375. The first-order valence-corrected chi connectivity index (χ1v) is 7.27. The van der Waals surface area contributed by atoms with Crippen LogP contribution in [0.2, 0.25) is 0 Å². The van der Waals surface area contributed by atoms with Gasteiger partial charge < -0.3 is 9.52 Å². The number of piperidine rings is 1. The number of likely N-dealkylation sites (tertiary alicyclic amines) is 1. The maximum atomic E-state index is 12.9. The van der Waals surface area contributed by atoms with Crippen LogP contribution in [-0.4, -0.2) is 34.0 Å². The molecule has 2 heterocycles. The molecule has 1 fully saturated rings. The third kappa shape index (κ3) is 3.33. The summed E-state index contributed by atoms with van der Waals surface area (Å²) in [4.78, 5) is 17.6. The van der Waals surface area contributed by atoms with Crippen molar-refractivity contribution in [2.24, 2.45) is 5.92 Å². The van der Waals surface area contributed by atoms with E-state index >= 15 is 0 Å². The zero-order valence-electron chi connectivity index (χ0n) is 12.0. The Morgan fingerprint density at radius 1 is 1.41 bits per heavy atom. The first kappa shape index (κ1) is 14.7. The number of oxazole rings is 1. The molecule has 0 aliphatic carbocycles. The van der Waals surface area contributed by atoms with E-state index in [2.05, 4.69) is 9.88 Å². The van der Waals surface area contributed by atoms with Crippen LogP contribution in [0.3, 0.4) is 0 Å². The van der Waals surface area contributed by atoms with Crippen LogP contribution in [0.4, 0.5) is 4.39 Å². The summed E-state index contributed by atoms with van der Waals surface area (Å²) >= 11 is 0. The molecule has 116 valence electrons. The molecule has 0 spiro atoms. The van der Waals surface area contributed by atoms with E-state index in [1.54, 1.807) is 18.4 Å². The lowest BCUT2D eigenvalue weighted by atomic mass is 9.98. The van der Waals surface area contributed by atoms with Crippen molar-refractivity contribution in [3.8, 4) is 11.5 Å². The summed E-state index contributed by atoms with van der Waals surface area (Å²) in [7, 11) is 0. The van der Waals surface area contributed by atoms with Crippen molar-refractivity contribution < 1.29 is 18.7 Å². The number of rotatable bonds is 4. The second kappa shape index (κ2) is 6.27. The molecule has 0 radical (unpaired) electrons. The molecule has 0 amide bonds. The van der Waals surface area contributed by atoms with E-state index in [1.165, 1.54) is 12.1 Å². The lowest BCUT2D eigenvalue weighted by Crippen LogP contribution is -2.38. The van der Waals surface area contributed by atoms with E-state index in [4.69, 9.17) is 9.52 Å². The first-order chi connectivity index (χ1) is 10.6. The highest BCUT2D eigenvalue weighted by Crippen LogP contribution is 2.22. The SMILES string of the molecule is O=C(O)[C@H]1CCCN(Cc2coc(-c3ccc(F)cc3)n2)C1. The van der Waals surface area contributed by atoms with Crippen LogP contribution >= 0.6 is 0 Å². The summed E-state index contributed by atoms with van der Waals surface area (Å²) in [5.41, 5.74) is 1.47. The number of halogens is 1. The van der Waals surface area contributed by atoms with E-state index in [0.29, 0.717) is 19.0 Å². The van der Waals surface area contributed by atoms with Crippen molar-refractivity contribution in [1.82, 2.24) is 9.88 Å². The Kier molecular flexibility index (Phi) is 4.20. The predicted octanol–water partition coefficient (Wildman–Crippen LogP) is 2.78. The van der Waals surface area contributed by atoms with Gasteiger partial charge in [0.15, 0.2) is 0 Å². The molecular formula is C16H17FN2O3. The zero-order valence-corrected chi connectivity index (χ0v) is 12.0. The van der Waals surface area contributed by atoms with Crippen LogP contribution in [0.5, 0.6) is 0 Å². The number of carbonyl (C=O) groups is 1. The highest BCUT2D eigenvalue weighted by Gasteiger charge is 2.25. The van der Waals surface area contributed by atoms with Crippen molar-refractivity contribution >= 4 is 5.97 Å². The van der Waals surface area contributed by atoms with Crippen LogP contribution in [0.15, 0.2) is 34.9 Å². The molecule has 1 saturated heterocycles. The first-order valence-electron chi connectivity index (χ1n) is 7.27. The van der Waals surface area contributed by atoms with E-state index in [1.807, 2.05) is 0 Å². The molecule has 0 unspecified atom stereocenters. The van der Waals surface area contributed by atoms with Gasteiger partial charge >= 0.3 is 5.97 Å². The van der Waals surface area contributed by atoms with E-state index < -0.39 is 5.97 Å². The van der Waals surface area contributed by atoms with Crippen molar-refractivity contribution in [2.75, 3.05) is 13.1 Å². The molecule has 22 heavy (non-hydrogen) atoms. The Morgan fingerprint density at radius 3 is 2.91 bits per heavy atom. The van der Waals surface area contributed by atoms with E-state index in [0.717, 1.165) is 30.6 Å². The monoisotopic (exact) mass is 304 g/mol. The maximum Gasteiger partial charge on any atom is 0.307 e. The summed E-state index contributed by atoms with van der Waals surface area (Å²) in [5.74, 6) is -0.903. The summed E-state index contributed by atoms with van der Waals surface area (Å²) in [6.07, 6.45) is 3.17. The minimum Gasteiger partial charge on any atom is -0.481 e. The normalized spacial score (nSPS) is 19.2. The highest BCUT2D eigenvalue weighted by atomic mass is 19.1. The molecule has 3 rings (SSSR count). The van der Waals surface area contributed by atoms with Crippen LogP contribution in [0.1, 0.15) is 18.5 Å². The standard InChI is InChI=1S/C16H17FN2O3/c17-13-5-3-11(4-6-13)15-18-14(10-22-15)9-19-7-1-2-12(8-19)16(20)21/h3-6,10,12H,1-2,7-9H2,(H,20,21)/t12-/m0/s1. The zero-order chi connectivity index (χ0) is 15.5. The van der Waals surface area contributed by atoms with Crippen molar-refractivity contribution in [3.63, 3.8) is 0 Å². The van der Waals surface area contributed by atoms with E-state index in [-0.39, 0.29) is 11.7 Å². The van der Waals surface area contributed by atoms with Crippen LogP contribution in [-0.2, 0) is 11.3 Å². The summed E-state index contributed by atoms with van der Waals surface area (Å²) < 4.78 is 18.3. The summed E-state index contributed by atoms with van der Waals surface area (Å²) in [6.45, 7) is 1.96. The quantitative estimate of drug-likeness (QED) is 0.941. The summed E-state index contributed by atoms with van der Waals surface area (Å²) in [6, 6.07) is 5.96. The van der Waals surface area contributed by atoms with Gasteiger partial charge in [-0.15, -0.1) is 0 Å².